The molecule has 0 saturated heterocycles. The first-order chi connectivity index (χ1) is 8.56. The summed E-state index contributed by atoms with van der Waals surface area (Å²) in [6.07, 6.45) is 0. The van der Waals surface area contributed by atoms with Gasteiger partial charge in [0, 0.05) is 9.50 Å². The Bertz CT molecular complexity index is 579. The zero-order valence-corrected chi connectivity index (χ0v) is 12.0. The van der Waals surface area contributed by atoms with E-state index in [0.29, 0.717) is 22.1 Å². The molecule has 0 amide bonds. The van der Waals surface area contributed by atoms with Crippen LogP contribution in [0.15, 0.2) is 46.9 Å². The molecule has 0 aliphatic carbocycles. The van der Waals surface area contributed by atoms with Gasteiger partial charge in [0.25, 0.3) is 0 Å². The van der Waals surface area contributed by atoms with Crippen molar-refractivity contribution in [3.8, 4) is 11.5 Å². The topological polar surface area (TPSA) is 26.3 Å². The SMILES string of the molecule is CC(=O)c1ccc(Br)cc1Oc1ccc(Cl)cc1. The van der Waals surface area contributed by atoms with E-state index in [9.17, 15) is 4.79 Å². The van der Waals surface area contributed by atoms with Gasteiger partial charge in [0.2, 0.25) is 0 Å². The number of Topliss-reactive ketones (excluding diaryl/α,β-unsaturated/α-hetero) is 1. The van der Waals surface area contributed by atoms with Gasteiger partial charge in [-0.1, -0.05) is 27.5 Å². The van der Waals surface area contributed by atoms with Gasteiger partial charge < -0.3 is 4.74 Å². The molecule has 0 fully saturated rings. The Morgan fingerprint density at radius 3 is 2.44 bits per heavy atom. The molecule has 0 unspecified atom stereocenters. The number of carbonyl (C=O) groups excluding carboxylic acids is 1. The van der Waals surface area contributed by atoms with Crippen LogP contribution in [0.4, 0.5) is 0 Å². The fraction of sp³-hybridized carbons (Fsp3) is 0.0714. The Morgan fingerprint density at radius 2 is 1.83 bits per heavy atom. The molecule has 2 rings (SSSR count). The number of rotatable bonds is 3. The highest BCUT2D eigenvalue weighted by molar-refractivity contribution is 9.10. The minimum atomic E-state index is -0.0357. The molecular formula is C14H10BrClO2. The molecule has 2 nitrogen and oxygen atoms in total. The van der Waals surface area contributed by atoms with E-state index in [2.05, 4.69) is 15.9 Å². The third-order valence-electron chi connectivity index (χ3n) is 2.36. The zero-order chi connectivity index (χ0) is 13.1. The number of hydrogen-bond donors (Lipinski definition) is 0. The van der Waals surface area contributed by atoms with Crippen LogP contribution in [-0.4, -0.2) is 5.78 Å². The highest BCUT2D eigenvalue weighted by Crippen LogP contribution is 2.29. The molecule has 0 spiro atoms. The van der Waals surface area contributed by atoms with Crippen molar-refractivity contribution in [1.82, 2.24) is 0 Å². The van der Waals surface area contributed by atoms with Gasteiger partial charge in [-0.15, -0.1) is 0 Å². The maximum Gasteiger partial charge on any atom is 0.163 e. The summed E-state index contributed by atoms with van der Waals surface area (Å²) < 4.78 is 6.55. The molecule has 0 radical (unpaired) electrons. The van der Waals surface area contributed by atoms with Crippen LogP contribution in [0.3, 0.4) is 0 Å². The summed E-state index contributed by atoms with van der Waals surface area (Å²) in [5, 5.41) is 0.642. The van der Waals surface area contributed by atoms with E-state index in [4.69, 9.17) is 16.3 Å². The van der Waals surface area contributed by atoms with Gasteiger partial charge in [0.05, 0.1) is 5.56 Å². The molecule has 18 heavy (non-hydrogen) atoms. The van der Waals surface area contributed by atoms with Crippen LogP contribution in [0.25, 0.3) is 0 Å². The average molecular weight is 326 g/mol. The van der Waals surface area contributed by atoms with Gasteiger partial charge >= 0.3 is 0 Å². The van der Waals surface area contributed by atoms with E-state index < -0.39 is 0 Å². The van der Waals surface area contributed by atoms with Crippen LogP contribution in [-0.2, 0) is 0 Å². The van der Waals surface area contributed by atoms with Crippen LogP contribution in [0.1, 0.15) is 17.3 Å². The second kappa shape index (κ2) is 5.55. The van der Waals surface area contributed by atoms with Crippen LogP contribution in [0.2, 0.25) is 5.02 Å². The van der Waals surface area contributed by atoms with Crippen molar-refractivity contribution in [2.24, 2.45) is 0 Å². The molecule has 4 heteroatoms. The predicted octanol–water partition coefficient (Wildman–Crippen LogP) is 5.10. The maximum atomic E-state index is 11.5. The Labute approximate surface area is 119 Å². The lowest BCUT2D eigenvalue weighted by atomic mass is 10.1. The molecule has 0 saturated carbocycles. The number of ether oxygens (including phenoxy) is 1. The monoisotopic (exact) mass is 324 g/mol. The van der Waals surface area contributed by atoms with Crippen molar-refractivity contribution in [1.29, 1.82) is 0 Å². The minimum Gasteiger partial charge on any atom is -0.457 e. The first kappa shape index (κ1) is 13.1. The number of halogens is 2. The Balaban J connectivity index is 2.35. The van der Waals surface area contributed by atoms with E-state index >= 15 is 0 Å². The second-order valence-corrected chi connectivity index (χ2v) is 5.10. The van der Waals surface area contributed by atoms with Crippen LogP contribution < -0.4 is 4.74 Å². The normalized spacial score (nSPS) is 10.2. The third-order valence-corrected chi connectivity index (χ3v) is 3.11. The van der Waals surface area contributed by atoms with Crippen molar-refractivity contribution >= 4 is 33.3 Å². The third kappa shape index (κ3) is 3.12. The summed E-state index contributed by atoms with van der Waals surface area (Å²) in [5.41, 5.74) is 0.549. The van der Waals surface area contributed by atoms with Gasteiger partial charge in [-0.3, -0.25) is 4.79 Å². The lowest BCUT2D eigenvalue weighted by Gasteiger charge is -2.10. The molecule has 2 aromatic carbocycles. The number of benzene rings is 2. The molecular weight excluding hydrogens is 316 g/mol. The Hall–Kier alpha value is -1.32. The summed E-state index contributed by atoms with van der Waals surface area (Å²) in [5.74, 6) is 1.13. The van der Waals surface area contributed by atoms with Crippen LogP contribution >= 0.6 is 27.5 Å². The molecule has 0 aromatic heterocycles. The fourth-order valence-electron chi connectivity index (χ4n) is 1.50. The van der Waals surface area contributed by atoms with Gasteiger partial charge in [0.15, 0.2) is 5.78 Å². The zero-order valence-electron chi connectivity index (χ0n) is 9.61. The standard InChI is InChI=1S/C14H10BrClO2/c1-9(17)13-7-2-10(15)8-14(13)18-12-5-3-11(16)4-6-12/h2-8H,1H3. The van der Waals surface area contributed by atoms with Crippen molar-refractivity contribution in [3.05, 3.63) is 57.5 Å². The summed E-state index contributed by atoms with van der Waals surface area (Å²) >= 11 is 9.16. The molecule has 0 aliphatic heterocycles. The average Bonchev–Trinajstić information content (AvgIpc) is 2.32. The summed E-state index contributed by atoms with van der Waals surface area (Å²) in [6.45, 7) is 1.51. The summed E-state index contributed by atoms with van der Waals surface area (Å²) in [4.78, 5) is 11.5. The molecule has 0 bridgehead atoms. The van der Waals surface area contributed by atoms with Crippen molar-refractivity contribution < 1.29 is 9.53 Å². The van der Waals surface area contributed by atoms with Gasteiger partial charge in [0.1, 0.15) is 11.5 Å². The summed E-state index contributed by atoms with van der Waals surface area (Å²) in [7, 11) is 0. The van der Waals surface area contributed by atoms with Gasteiger partial charge in [-0.05, 0) is 49.4 Å². The second-order valence-electron chi connectivity index (χ2n) is 3.75. The first-order valence-electron chi connectivity index (χ1n) is 5.30. The summed E-state index contributed by atoms with van der Waals surface area (Å²) in [6, 6.07) is 12.3. The molecule has 0 atom stereocenters. The van der Waals surface area contributed by atoms with Crippen LogP contribution in [0, 0.1) is 0 Å². The highest BCUT2D eigenvalue weighted by Gasteiger charge is 2.10. The lowest BCUT2D eigenvalue weighted by molar-refractivity contribution is 0.101. The van der Waals surface area contributed by atoms with Gasteiger partial charge in [-0.25, -0.2) is 0 Å². The fourth-order valence-corrected chi connectivity index (χ4v) is 1.97. The minimum absolute atomic E-state index is 0.0357. The maximum absolute atomic E-state index is 11.5. The predicted molar refractivity (Wildman–Crippen MR) is 75.7 cm³/mol. The van der Waals surface area contributed by atoms with Crippen LogP contribution in [0.5, 0.6) is 11.5 Å². The number of ketones is 1. The molecule has 0 aliphatic rings. The van der Waals surface area contributed by atoms with E-state index in [1.165, 1.54) is 6.92 Å². The van der Waals surface area contributed by atoms with Gasteiger partial charge in [-0.2, -0.15) is 0 Å². The molecule has 92 valence electrons. The highest BCUT2D eigenvalue weighted by atomic mass is 79.9. The van der Waals surface area contributed by atoms with Crippen molar-refractivity contribution in [3.63, 3.8) is 0 Å². The molecule has 2 aromatic rings. The van der Waals surface area contributed by atoms with E-state index in [-0.39, 0.29) is 5.78 Å². The largest absolute Gasteiger partial charge is 0.457 e. The smallest absolute Gasteiger partial charge is 0.163 e. The Morgan fingerprint density at radius 1 is 1.17 bits per heavy atom. The van der Waals surface area contributed by atoms with Crippen molar-refractivity contribution in [2.45, 2.75) is 6.92 Å². The van der Waals surface area contributed by atoms with Crippen molar-refractivity contribution in [2.75, 3.05) is 0 Å². The Kier molecular flexibility index (Phi) is 4.04. The van der Waals surface area contributed by atoms with E-state index in [1.807, 2.05) is 6.07 Å². The van der Waals surface area contributed by atoms with E-state index in [1.54, 1.807) is 36.4 Å². The molecule has 0 heterocycles. The quantitative estimate of drug-likeness (QED) is 0.734. The number of hydrogen-bond acceptors (Lipinski definition) is 2. The first-order valence-corrected chi connectivity index (χ1v) is 6.47. The van der Waals surface area contributed by atoms with E-state index in [0.717, 1.165) is 4.47 Å². The lowest BCUT2D eigenvalue weighted by Crippen LogP contribution is -1.96. The number of carbonyl (C=O) groups is 1. The molecule has 0 N–H and O–H groups in total.